The lowest BCUT2D eigenvalue weighted by atomic mass is 10.1. The molecule has 1 aromatic heterocycles. The minimum absolute atomic E-state index is 0.101. The van der Waals surface area contributed by atoms with Crippen molar-refractivity contribution >= 4 is 17.6 Å². The minimum Gasteiger partial charge on any atom is -0.497 e. The van der Waals surface area contributed by atoms with E-state index in [1.807, 2.05) is 0 Å². The molecule has 25 heavy (non-hydrogen) atoms. The summed E-state index contributed by atoms with van der Waals surface area (Å²) in [4.78, 5) is 24.0. The molecule has 0 fully saturated rings. The summed E-state index contributed by atoms with van der Waals surface area (Å²) < 4.78 is 10.2. The summed E-state index contributed by atoms with van der Waals surface area (Å²) in [6.45, 7) is 0. The summed E-state index contributed by atoms with van der Waals surface area (Å²) in [7, 11) is 1.54. The number of carbonyl (C=O) groups is 2. The van der Waals surface area contributed by atoms with Crippen molar-refractivity contribution in [1.29, 1.82) is 0 Å². The summed E-state index contributed by atoms with van der Waals surface area (Å²) >= 11 is 0. The van der Waals surface area contributed by atoms with Gasteiger partial charge in [-0.25, -0.2) is 4.79 Å². The van der Waals surface area contributed by atoms with Crippen LogP contribution in [0.25, 0.3) is 11.3 Å². The third-order valence-corrected chi connectivity index (χ3v) is 3.51. The molecule has 0 atom stereocenters. The molecule has 0 saturated heterocycles. The molecule has 2 aromatic carbocycles. The number of hydrogen-bond acceptors (Lipinski definition) is 5. The van der Waals surface area contributed by atoms with Gasteiger partial charge in [0.25, 0.3) is 5.91 Å². The Kier molecular flexibility index (Phi) is 4.47. The van der Waals surface area contributed by atoms with Crippen molar-refractivity contribution in [3.05, 3.63) is 65.9 Å². The standard InChI is InChI=1S/C18H14N2O5/c1-24-13-9-7-12(8-10-13)19-17(21)14-15(18(22)23)20-25-16(14)11-5-3-2-4-6-11/h2-10H,1H3,(H,19,21)(H,22,23). The van der Waals surface area contributed by atoms with Crippen molar-refractivity contribution in [2.24, 2.45) is 0 Å². The van der Waals surface area contributed by atoms with Gasteiger partial charge < -0.3 is 19.7 Å². The van der Waals surface area contributed by atoms with Crippen LogP contribution >= 0.6 is 0 Å². The van der Waals surface area contributed by atoms with Gasteiger partial charge in [-0.05, 0) is 24.3 Å². The maximum Gasteiger partial charge on any atom is 0.358 e. The zero-order valence-electron chi connectivity index (χ0n) is 13.2. The molecule has 3 rings (SSSR count). The Morgan fingerprint density at radius 2 is 1.76 bits per heavy atom. The van der Waals surface area contributed by atoms with Crippen LogP contribution in [0, 0.1) is 0 Å². The molecule has 1 heterocycles. The minimum atomic E-state index is -1.34. The topological polar surface area (TPSA) is 102 Å². The molecule has 0 spiro atoms. The number of carboxylic acid groups (broad SMARTS) is 1. The molecule has 7 heteroatoms. The fourth-order valence-corrected chi connectivity index (χ4v) is 2.30. The quantitative estimate of drug-likeness (QED) is 0.740. The number of benzene rings is 2. The molecular formula is C18H14N2O5. The molecule has 0 aliphatic heterocycles. The fourth-order valence-electron chi connectivity index (χ4n) is 2.30. The summed E-state index contributed by atoms with van der Waals surface area (Å²) in [6, 6.07) is 15.4. The average molecular weight is 338 g/mol. The van der Waals surface area contributed by atoms with Gasteiger partial charge in [0.15, 0.2) is 5.76 Å². The van der Waals surface area contributed by atoms with Gasteiger partial charge in [0.1, 0.15) is 11.3 Å². The number of rotatable bonds is 5. The first-order chi connectivity index (χ1) is 12.1. The maximum absolute atomic E-state index is 12.6. The van der Waals surface area contributed by atoms with Crippen LogP contribution in [0.3, 0.4) is 0 Å². The zero-order chi connectivity index (χ0) is 17.8. The molecule has 7 nitrogen and oxygen atoms in total. The highest BCUT2D eigenvalue weighted by atomic mass is 16.5. The van der Waals surface area contributed by atoms with E-state index in [1.165, 1.54) is 7.11 Å². The fraction of sp³-hybridized carbons (Fsp3) is 0.0556. The largest absolute Gasteiger partial charge is 0.497 e. The lowest BCUT2D eigenvalue weighted by molar-refractivity contribution is 0.0682. The first kappa shape index (κ1) is 16.3. The van der Waals surface area contributed by atoms with Crippen LogP contribution in [0.2, 0.25) is 0 Å². The number of aromatic carboxylic acids is 1. The number of nitrogens with one attached hydrogen (secondary N) is 1. The Labute approximate surface area is 142 Å². The predicted molar refractivity (Wildman–Crippen MR) is 89.8 cm³/mol. The van der Waals surface area contributed by atoms with Gasteiger partial charge in [0.05, 0.1) is 7.11 Å². The van der Waals surface area contributed by atoms with Crippen LogP contribution in [0.1, 0.15) is 20.8 Å². The molecular weight excluding hydrogens is 324 g/mol. The van der Waals surface area contributed by atoms with Crippen molar-refractivity contribution in [3.8, 4) is 17.1 Å². The van der Waals surface area contributed by atoms with E-state index >= 15 is 0 Å². The molecule has 1 amide bonds. The number of anilines is 1. The monoisotopic (exact) mass is 338 g/mol. The summed E-state index contributed by atoms with van der Waals surface area (Å²) in [5.41, 5.74) is 0.476. The van der Waals surface area contributed by atoms with Crippen molar-refractivity contribution in [1.82, 2.24) is 5.16 Å². The Morgan fingerprint density at radius 3 is 2.36 bits per heavy atom. The van der Waals surface area contributed by atoms with E-state index < -0.39 is 17.6 Å². The summed E-state index contributed by atoms with van der Waals surface area (Å²) in [5, 5.41) is 15.5. The van der Waals surface area contributed by atoms with E-state index in [-0.39, 0.29) is 11.3 Å². The van der Waals surface area contributed by atoms with Gasteiger partial charge >= 0.3 is 5.97 Å². The first-order valence-electron chi connectivity index (χ1n) is 7.34. The molecule has 2 N–H and O–H groups in total. The molecule has 0 aliphatic carbocycles. The van der Waals surface area contributed by atoms with E-state index in [9.17, 15) is 14.7 Å². The maximum atomic E-state index is 12.6. The highest BCUT2D eigenvalue weighted by molar-refractivity contribution is 6.13. The van der Waals surface area contributed by atoms with Crippen LogP contribution in [0.15, 0.2) is 59.1 Å². The number of methoxy groups -OCH3 is 1. The number of hydrogen-bond donors (Lipinski definition) is 2. The Bertz CT molecular complexity index is 901. The van der Waals surface area contributed by atoms with Crippen molar-refractivity contribution in [2.75, 3.05) is 12.4 Å². The normalized spacial score (nSPS) is 10.3. The van der Waals surface area contributed by atoms with Crippen LogP contribution in [-0.2, 0) is 0 Å². The van der Waals surface area contributed by atoms with Crippen molar-refractivity contribution < 1.29 is 24.0 Å². The second-order valence-electron chi connectivity index (χ2n) is 5.09. The smallest absolute Gasteiger partial charge is 0.358 e. The number of aromatic nitrogens is 1. The Morgan fingerprint density at radius 1 is 1.08 bits per heavy atom. The molecule has 0 saturated carbocycles. The van der Waals surface area contributed by atoms with Crippen LogP contribution < -0.4 is 10.1 Å². The molecule has 126 valence electrons. The SMILES string of the molecule is COc1ccc(NC(=O)c2c(C(=O)O)noc2-c2ccccc2)cc1. The van der Waals surface area contributed by atoms with Gasteiger partial charge in [-0.15, -0.1) is 0 Å². The van der Waals surface area contributed by atoms with Crippen molar-refractivity contribution in [3.63, 3.8) is 0 Å². The second-order valence-corrected chi connectivity index (χ2v) is 5.09. The number of carbonyl (C=O) groups excluding carboxylic acids is 1. The number of nitrogens with zero attached hydrogens (tertiary/aromatic N) is 1. The third-order valence-electron chi connectivity index (χ3n) is 3.51. The third kappa shape index (κ3) is 3.35. The lowest BCUT2D eigenvalue weighted by Gasteiger charge is -2.07. The average Bonchev–Trinajstić information content (AvgIpc) is 3.08. The Hall–Kier alpha value is -3.61. The van der Waals surface area contributed by atoms with Crippen molar-refractivity contribution in [2.45, 2.75) is 0 Å². The second kappa shape index (κ2) is 6.88. The first-order valence-corrected chi connectivity index (χ1v) is 7.34. The Balaban J connectivity index is 1.97. The van der Waals surface area contributed by atoms with Gasteiger partial charge in [0.2, 0.25) is 5.69 Å². The predicted octanol–water partition coefficient (Wildman–Crippen LogP) is 3.30. The summed E-state index contributed by atoms with van der Waals surface area (Å²) in [6.07, 6.45) is 0. The molecule has 3 aromatic rings. The molecule has 0 unspecified atom stereocenters. The number of carboxylic acids is 1. The van der Waals surface area contributed by atoms with E-state index in [4.69, 9.17) is 9.26 Å². The zero-order valence-corrected chi connectivity index (χ0v) is 13.2. The van der Waals surface area contributed by atoms with Gasteiger partial charge in [-0.1, -0.05) is 35.5 Å². The van der Waals surface area contributed by atoms with E-state index in [0.29, 0.717) is 17.0 Å². The van der Waals surface area contributed by atoms with E-state index in [2.05, 4.69) is 10.5 Å². The van der Waals surface area contributed by atoms with Gasteiger partial charge in [-0.2, -0.15) is 0 Å². The number of ether oxygens (including phenoxy) is 1. The highest BCUT2D eigenvalue weighted by Crippen LogP contribution is 2.27. The lowest BCUT2D eigenvalue weighted by Crippen LogP contribution is -2.16. The number of amides is 1. The van der Waals surface area contributed by atoms with Crippen LogP contribution in [-0.4, -0.2) is 29.2 Å². The van der Waals surface area contributed by atoms with Crippen LogP contribution in [0.4, 0.5) is 5.69 Å². The van der Waals surface area contributed by atoms with E-state index in [0.717, 1.165) is 0 Å². The van der Waals surface area contributed by atoms with Crippen LogP contribution in [0.5, 0.6) is 5.75 Å². The molecule has 0 aliphatic rings. The van der Waals surface area contributed by atoms with Gasteiger partial charge in [-0.3, -0.25) is 4.79 Å². The molecule has 0 radical (unpaired) electrons. The van der Waals surface area contributed by atoms with E-state index in [1.54, 1.807) is 54.6 Å². The summed E-state index contributed by atoms with van der Waals surface area (Å²) in [5.74, 6) is -1.23. The molecule has 0 bridgehead atoms. The van der Waals surface area contributed by atoms with Gasteiger partial charge in [0, 0.05) is 11.3 Å². The highest BCUT2D eigenvalue weighted by Gasteiger charge is 2.28.